The second kappa shape index (κ2) is 4.85. The minimum atomic E-state index is -3.62. The molecule has 0 saturated carbocycles. The minimum Gasteiger partial charge on any atom is -0.266 e. The fraction of sp³-hybridized carbons (Fsp3) is 0.143. The summed E-state index contributed by atoms with van der Waals surface area (Å²) in [6.45, 7) is 0.299. The summed E-state index contributed by atoms with van der Waals surface area (Å²) in [4.78, 5) is 10.5. The van der Waals surface area contributed by atoms with Gasteiger partial charge in [-0.3, -0.25) is 14.4 Å². The lowest BCUT2D eigenvalue weighted by Crippen LogP contribution is -2.29. The molecule has 21 heavy (non-hydrogen) atoms. The lowest BCUT2D eigenvalue weighted by molar-refractivity contribution is -0.384. The molecule has 2 aromatic rings. The van der Waals surface area contributed by atoms with Crippen LogP contribution in [-0.4, -0.2) is 19.9 Å². The first-order chi connectivity index (χ1) is 10.00. The van der Waals surface area contributed by atoms with E-state index in [4.69, 9.17) is 0 Å². The molecule has 0 atom stereocenters. The average molecular weight is 304 g/mol. The van der Waals surface area contributed by atoms with Gasteiger partial charge in [0.2, 0.25) is 0 Å². The van der Waals surface area contributed by atoms with Gasteiger partial charge in [-0.15, -0.1) is 0 Å². The number of sulfonamides is 1. The van der Waals surface area contributed by atoms with Gasteiger partial charge in [0.1, 0.15) is 0 Å². The van der Waals surface area contributed by atoms with Crippen LogP contribution in [0.1, 0.15) is 5.56 Å². The molecule has 0 N–H and O–H groups in total. The van der Waals surface area contributed by atoms with Gasteiger partial charge in [-0.05, 0) is 30.2 Å². The molecule has 1 aliphatic rings. The van der Waals surface area contributed by atoms with Gasteiger partial charge in [-0.25, -0.2) is 8.42 Å². The molecular weight excluding hydrogens is 292 g/mol. The van der Waals surface area contributed by atoms with E-state index in [1.807, 2.05) is 0 Å². The normalized spacial score (nSPS) is 14.0. The first-order valence-corrected chi connectivity index (χ1v) is 7.79. The van der Waals surface area contributed by atoms with Crippen LogP contribution in [0.25, 0.3) is 0 Å². The van der Waals surface area contributed by atoms with Crippen LogP contribution in [0.3, 0.4) is 0 Å². The second-order valence-electron chi connectivity index (χ2n) is 4.71. The third kappa shape index (κ3) is 2.25. The Kier molecular flexibility index (Phi) is 3.13. The van der Waals surface area contributed by atoms with Crippen LogP contribution in [0, 0.1) is 10.1 Å². The summed E-state index contributed by atoms with van der Waals surface area (Å²) in [5, 5.41) is 10.8. The zero-order valence-corrected chi connectivity index (χ0v) is 11.8. The van der Waals surface area contributed by atoms with Gasteiger partial charge in [-0.1, -0.05) is 18.2 Å². The smallest absolute Gasteiger partial charge is 0.266 e. The summed E-state index contributed by atoms with van der Waals surface area (Å²) >= 11 is 0. The van der Waals surface area contributed by atoms with Crippen molar-refractivity contribution in [2.75, 3.05) is 10.8 Å². The largest absolute Gasteiger partial charge is 0.269 e. The number of nitro benzene ring substituents is 1. The molecule has 0 amide bonds. The van der Waals surface area contributed by atoms with Crippen LogP contribution in [0.4, 0.5) is 11.4 Å². The van der Waals surface area contributed by atoms with Crippen molar-refractivity contribution >= 4 is 21.4 Å². The summed E-state index contributed by atoms with van der Waals surface area (Å²) in [6, 6.07) is 12.4. The molecule has 108 valence electrons. The van der Waals surface area contributed by atoms with Gasteiger partial charge in [0, 0.05) is 18.7 Å². The van der Waals surface area contributed by atoms with Crippen molar-refractivity contribution in [2.24, 2.45) is 0 Å². The Morgan fingerprint density at radius 2 is 1.81 bits per heavy atom. The predicted molar refractivity (Wildman–Crippen MR) is 77.8 cm³/mol. The Morgan fingerprint density at radius 1 is 1.10 bits per heavy atom. The number of hydrogen-bond acceptors (Lipinski definition) is 4. The Bertz CT molecular complexity index is 803. The summed E-state index contributed by atoms with van der Waals surface area (Å²) in [5.41, 5.74) is 1.18. The predicted octanol–water partition coefficient (Wildman–Crippen LogP) is 2.35. The Hall–Kier alpha value is -2.41. The Morgan fingerprint density at radius 3 is 2.48 bits per heavy atom. The third-order valence-corrected chi connectivity index (χ3v) is 5.29. The molecule has 7 heteroatoms. The molecule has 3 rings (SSSR count). The van der Waals surface area contributed by atoms with Crippen molar-refractivity contribution in [2.45, 2.75) is 11.3 Å². The van der Waals surface area contributed by atoms with Crippen LogP contribution in [-0.2, 0) is 16.4 Å². The third-order valence-electron chi connectivity index (χ3n) is 3.46. The lowest BCUT2D eigenvalue weighted by Gasteiger charge is -2.19. The van der Waals surface area contributed by atoms with Crippen molar-refractivity contribution in [3.8, 4) is 0 Å². The van der Waals surface area contributed by atoms with Crippen LogP contribution < -0.4 is 4.31 Å². The minimum absolute atomic E-state index is 0.0206. The van der Waals surface area contributed by atoms with E-state index < -0.39 is 14.9 Å². The van der Waals surface area contributed by atoms with E-state index in [0.717, 1.165) is 0 Å². The van der Waals surface area contributed by atoms with E-state index in [-0.39, 0.29) is 10.6 Å². The molecular formula is C14H12N2O4S. The van der Waals surface area contributed by atoms with Crippen LogP contribution >= 0.6 is 0 Å². The highest BCUT2D eigenvalue weighted by Gasteiger charge is 2.31. The first kappa shape index (κ1) is 13.6. The van der Waals surface area contributed by atoms with Gasteiger partial charge in [0.05, 0.1) is 15.5 Å². The Labute approximate surface area is 121 Å². The number of nitro groups is 1. The molecule has 0 fully saturated rings. The molecule has 0 radical (unpaired) electrons. The molecule has 2 aromatic carbocycles. The van der Waals surface area contributed by atoms with E-state index in [2.05, 4.69) is 0 Å². The van der Waals surface area contributed by atoms with Gasteiger partial charge in [-0.2, -0.15) is 0 Å². The number of hydrogen-bond donors (Lipinski definition) is 0. The number of benzene rings is 2. The molecule has 0 aliphatic carbocycles. The molecule has 0 bridgehead atoms. The van der Waals surface area contributed by atoms with E-state index in [9.17, 15) is 18.5 Å². The SMILES string of the molecule is O=[N+]([O-])c1ccc2c(c1)CCN2S(=O)(=O)c1ccccc1. The summed E-state index contributed by atoms with van der Waals surface area (Å²) in [5.74, 6) is 0. The molecule has 0 saturated heterocycles. The molecule has 0 aromatic heterocycles. The van der Waals surface area contributed by atoms with Crippen LogP contribution in [0.15, 0.2) is 53.4 Å². The Balaban J connectivity index is 2.04. The van der Waals surface area contributed by atoms with Gasteiger partial charge in [0.25, 0.3) is 15.7 Å². The number of non-ortho nitro benzene ring substituents is 1. The van der Waals surface area contributed by atoms with Gasteiger partial charge < -0.3 is 0 Å². The van der Waals surface area contributed by atoms with Crippen molar-refractivity contribution in [1.82, 2.24) is 0 Å². The maximum atomic E-state index is 12.6. The second-order valence-corrected chi connectivity index (χ2v) is 6.57. The quantitative estimate of drug-likeness (QED) is 0.644. The molecule has 1 aliphatic heterocycles. The highest BCUT2D eigenvalue weighted by Crippen LogP contribution is 2.34. The number of fused-ring (bicyclic) bond motifs is 1. The zero-order chi connectivity index (χ0) is 15.0. The summed E-state index contributed by atoms with van der Waals surface area (Å²) in [6.07, 6.45) is 0.475. The van der Waals surface area contributed by atoms with E-state index >= 15 is 0 Å². The van der Waals surface area contributed by atoms with Gasteiger partial charge >= 0.3 is 0 Å². The van der Waals surface area contributed by atoms with Gasteiger partial charge in [0.15, 0.2) is 0 Å². The summed E-state index contributed by atoms with van der Waals surface area (Å²) < 4.78 is 26.5. The van der Waals surface area contributed by atoms with Crippen molar-refractivity contribution in [3.63, 3.8) is 0 Å². The number of nitrogens with zero attached hydrogens (tertiary/aromatic N) is 2. The average Bonchev–Trinajstić information content (AvgIpc) is 2.91. The van der Waals surface area contributed by atoms with E-state index in [0.29, 0.717) is 24.2 Å². The standard InChI is InChI=1S/C14H12N2O4S/c17-16(18)12-6-7-14-11(10-12)8-9-15(14)21(19,20)13-4-2-1-3-5-13/h1-7,10H,8-9H2. The molecule has 1 heterocycles. The first-order valence-electron chi connectivity index (χ1n) is 6.35. The van der Waals surface area contributed by atoms with Crippen molar-refractivity contribution < 1.29 is 13.3 Å². The number of rotatable bonds is 3. The fourth-order valence-corrected chi connectivity index (χ4v) is 3.97. The summed E-state index contributed by atoms with van der Waals surface area (Å²) in [7, 11) is -3.62. The van der Waals surface area contributed by atoms with E-state index in [1.165, 1.54) is 22.5 Å². The lowest BCUT2D eigenvalue weighted by atomic mass is 10.1. The van der Waals surface area contributed by atoms with Crippen LogP contribution in [0.5, 0.6) is 0 Å². The topological polar surface area (TPSA) is 80.5 Å². The monoisotopic (exact) mass is 304 g/mol. The maximum Gasteiger partial charge on any atom is 0.269 e. The van der Waals surface area contributed by atoms with Crippen molar-refractivity contribution in [3.05, 3.63) is 64.2 Å². The highest BCUT2D eigenvalue weighted by atomic mass is 32.2. The molecule has 0 spiro atoms. The fourth-order valence-electron chi connectivity index (χ4n) is 2.44. The van der Waals surface area contributed by atoms with Crippen LogP contribution in [0.2, 0.25) is 0 Å². The van der Waals surface area contributed by atoms with Crippen molar-refractivity contribution in [1.29, 1.82) is 0 Å². The maximum absolute atomic E-state index is 12.6. The zero-order valence-electron chi connectivity index (χ0n) is 11.0. The van der Waals surface area contributed by atoms with E-state index in [1.54, 1.807) is 30.3 Å². The molecule has 0 unspecified atom stereocenters. The molecule has 6 nitrogen and oxygen atoms in total. The highest BCUT2D eigenvalue weighted by molar-refractivity contribution is 7.92. The number of anilines is 1.